The smallest absolute Gasteiger partial charge is 0.257 e. The molecule has 6 nitrogen and oxygen atoms in total. The molecule has 1 aromatic carbocycles. The Morgan fingerprint density at radius 2 is 2.16 bits per heavy atom. The molecule has 0 unspecified atom stereocenters. The summed E-state index contributed by atoms with van der Waals surface area (Å²) in [6.07, 6.45) is 1.63. The molecule has 25 heavy (non-hydrogen) atoms. The fourth-order valence-corrected chi connectivity index (χ4v) is 3.51. The molecule has 0 saturated carbocycles. The van der Waals surface area contributed by atoms with Crippen molar-refractivity contribution in [3.05, 3.63) is 47.3 Å². The highest BCUT2D eigenvalue weighted by molar-refractivity contribution is 5.95. The molecule has 2 aromatic rings. The highest BCUT2D eigenvalue weighted by Gasteiger charge is 2.37. The van der Waals surface area contributed by atoms with E-state index >= 15 is 0 Å². The van der Waals surface area contributed by atoms with Crippen LogP contribution < -0.4 is 4.74 Å². The molecule has 3 rings (SSSR count). The minimum atomic E-state index is -0.527. The lowest BCUT2D eigenvalue weighted by Crippen LogP contribution is -2.32. The van der Waals surface area contributed by atoms with E-state index < -0.39 is 6.10 Å². The van der Waals surface area contributed by atoms with Crippen LogP contribution in [0.4, 0.5) is 0 Å². The summed E-state index contributed by atoms with van der Waals surface area (Å²) < 4.78 is 7.14. The van der Waals surface area contributed by atoms with E-state index in [-0.39, 0.29) is 18.0 Å². The molecule has 0 bridgehead atoms. The van der Waals surface area contributed by atoms with E-state index in [0.29, 0.717) is 18.5 Å². The van der Waals surface area contributed by atoms with E-state index in [0.717, 1.165) is 17.0 Å². The third-order valence-corrected chi connectivity index (χ3v) is 4.78. The first-order valence-electron chi connectivity index (χ1n) is 8.59. The summed E-state index contributed by atoms with van der Waals surface area (Å²) in [6, 6.07) is 7.70. The van der Waals surface area contributed by atoms with Gasteiger partial charge >= 0.3 is 0 Å². The number of hydrogen-bond acceptors (Lipinski definition) is 4. The van der Waals surface area contributed by atoms with Gasteiger partial charge < -0.3 is 14.7 Å². The lowest BCUT2D eigenvalue weighted by molar-refractivity contribution is 0.0714. The molecule has 1 aliphatic rings. The Hall–Kier alpha value is -2.34. The van der Waals surface area contributed by atoms with Crippen LogP contribution in [0.15, 0.2) is 30.5 Å². The van der Waals surface area contributed by atoms with Crippen LogP contribution in [0.2, 0.25) is 0 Å². The molecule has 1 aliphatic heterocycles. The molecule has 134 valence electrons. The van der Waals surface area contributed by atoms with Crippen LogP contribution in [-0.2, 0) is 0 Å². The Morgan fingerprint density at radius 3 is 2.80 bits per heavy atom. The summed E-state index contributed by atoms with van der Waals surface area (Å²) in [6.45, 7) is 6.31. The van der Waals surface area contributed by atoms with Crippen LogP contribution >= 0.6 is 0 Å². The fourth-order valence-electron chi connectivity index (χ4n) is 3.51. The summed E-state index contributed by atoms with van der Waals surface area (Å²) in [5.74, 6) is 0.656. The predicted octanol–water partition coefficient (Wildman–Crippen LogP) is 2.73. The highest BCUT2D eigenvalue weighted by atomic mass is 16.5. The van der Waals surface area contributed by atoms with Crippen molar-refractivity contribution >= 4 is 5.91 Å². The first-order chi connectivity index (χ1) is 11.9. The Balaban J connectivity index is 1.92. The van der Waals surface area contributed by atoms with Crippen LogP contribution in [0.1, 0.15) is 54.0 Å². The standard InChI is InChI=1S/C19H25N3O3/c1-12(2)22-13(3)17(10-20-22)19(24)21-11-15(23)9-18(21)14-6-5-7-16(8-14)25-4/h5-8,10,12,15,18,23H,9,11H2,1-4H3/t15-,18+/m0/s1. The predicted molar refractivity (Wildman–Crippen MR) is 94.7 cm³/mol. The van der Waals surface area contributed by atoms with E-state index in [1.165, 1.54) is 0 Å². The fraction of sp³-hybridized carbons (Fsp3) is 0.474. The number of aromatic nitrogens is 2. The molecule has 1 saturated heterocycles. The number of amides is 1. The first kappa shape index (κ1) is 17.5. The molecule has 1 amide bonds. The molecule has 1 aromatic heterocycles. The number of methoxy groups -OCH3 is 1. The molecular formula is C19H25N3O3. The topological polar surface area (TPSA) is 67.6 Å². The Bertz CT molecular complexity index is 769. The zero-order chi connectivity index (χ0) is 18.1. The average molecular weight is 343 g/mol. The highest BCUT2D eigenvalue weighted by Crippen LogP contribution is 2.35. The minimum Gasteiger partial charge on any atom is -0.497 e. The van der Waals surface area contributed by atoms with Crippen LogP contribution in [0.3, 0.4) is 0 Å². The van der Waals surface area contributed by atoms with Crippen LogP contribution in [0, 0.1) is 6.92 Å². The largest absolute Gasteiger partial charge is 0.497 e. The van der Waals surface area contributed by atoms with Gasteiger partial charge in [-0.2, -0.15) is 5.10 Å². The van der Waals surface area contributed by atoms with E-state index in [1.807, 2.05) is 49.7 Å². The summed E-state index contributed by atoms with van der Waals surface area (Å²) in [5.41, 5.74) is 2.42. The molecule has 0 radical (unpaired) electrons. The van der Waals surface area contributed by atoms with Crippen molar-refractivity contribution < 1.29 is 14.6 Å². The second kappa shape index (κ2) is 6.88. The van der Waals surface area contributed by atoms with Gasteiger partial charge in [0.25, 0.3) is 5.91 Å². The van der Waals surface area contributed by atoms with Gasteiger partial charge in [-0.3, -0.25) is 9.48 Å². The van der Waals surface area contributed by atoms with Crippen LogP contribution in [0.25, 0.3) is 0 Å². The zero-order valence-electron chi connectivity index (χ0n) is 15.1. The number of aliphatic hydroxyl groups excluding tert-OH is 1. The maximum Gasteiger partial charge on any atom is 0.257 e. The number of β-amino-alcohol motifs (C(OH)–C–C–N with tert-alkyl or cyclic N) is 1. The van der Waals surface area contributed by atoms with E-state index in [1.54, 1.807) is 18.2 Å². The molecule has 2 heterocycles. The van der Waals surface area contributed by atoms with Gasteiger partial charge in [-0.25, -0.2) is 0 Å². The monoisotopic (exact) mass is 343 g/mol. The first-order valence-corrected chi connectivity index (χ1v) is 8.59. The van der Waals surface area contributed by atoms with Gasteiger partial charge in [0.2, 0.25) is 0 Å². The summed E-state index contributed by atoms with van der Waals surface area (Å²) in [7, 11) is 1.62. The van der Waals surface area contributed by atoms with Crippen molar-refractivity contribution in [3.8, 4) is 5.75 Å². The van der Waals surface area contributed by atoms with Crippen molar-refractivity contribution in [1.82, 2.24) is 14.7 Å². The van der Waals surface area contributed by atoms with Crippen LogP contribution in [-0.4, -0.2) is 45.5 Å². The summed E-state index contributed by atoms with van der Waals surface area (Å²) in [4.78, 5) is 14.9. The summed E-state index contributed by atoms with van der Waals surface area (Å²) in [5, 5.41) is 14.5. The summed E-state index contributed by atoms with van der Waals surface area (Å²) >= 11 is 0. The van der Waals surface area contributed by atoms with Gasteiger partial charge in [-0.1, -0.05) is 12.1 Å². The van der Waals surface area contributed by atoms with E-state index in [9.17, 15) is 9.90 Å². The molecule has 2 atom stereocenters. The number of carbonyl (C=O) groups is 1. The van der Waals surface area contributed by atoms with Crippen molar-refractivity contribution in [2.24, 2.45) is 0 Å². The molecule has 1 fully saturated rings. The van der Waals surface area contributed by atoms with Crippen molar-refractivity contribution in [3.63, 3.8) is 0 Å². The lowest BCUT2D eigenvalue weighted by atomic mass is 10.0. The van der Waals surface area contributed by atoms with E-state index in [2.05, 4.69) is 5.10 Å². The number of ether oxygens (including phenoxy) is 1. The number of aliphatic hydroxyl groups is 1. The number of nitrogens with zero attached hydrogens (tertiary/aromatic N) is 3. The maximum absolute atomic E-state index is 13.1. The van der Waals surface area contributed by atoms with Gasteiger partial charge in [0.05, 0.1) is 31.0 Å². The van der Waals surface area contributed by atoms with Gasteiger partial charge in [-0.15, -0.1) is 0 Å². The van der Waals surface area contributed by atoms with Gasteiger partial charge in [0.1, 0.15) is 5.75 Å². The lowest BCUT2D eigenvalue weighted by Gasteiger charge is -2.25. The normalized spacial score (nSPS) is 20.3. The number of benzene rings is 1. The minimum absolute atomic E-state index is 0.0891. The van der Waals surface area contributed by atoms with Gasteiger partial charge in [0.15, 0.2) is 0 Å². The quantitative estimate of drug-likeness (QED) is 0.927. The van der Waals surface area contributed by atoms with E-state index in [4.69, 9.17) is 4.74 Å². The average Bonchev–Trinajstić information content (AvgIpc) is 3.17. The zero-order valence-corrected chi connectivity index (χ0v) is 15.1. The van der Waals surface area contributed by atoms with Gasteiger partial charge in [-0.05, 0) is 44.9 Å². The van der Waals surface area contributed by atoms with Crippen molar-refractivity contribution in [2.75, 3.05) is 13.7 Å². The molecular weight excluding hydrogens is 318 g/mol. The second-order valence-corrected chi connectivity index (χ2v) is 6.82. The molecule has 1 N–H and O–H groups in total. The SMILES string of the molecule is COc1cccc([C@H]2C[C@H](O)CN2C(=O)c2cnn(C(C)C)c2C)c1. The third kappa shape index (κ3) is 3.26. The second-order valence-electron chi connectivity index (χ2n) is 6.82. The molecule has 0 spiro atoms. The molecule has 0 aliphatic carbocycles. The number of carbonyl (C=O) groups excluding carboxylic acids is 1. The number of likely N-dealkylation sites (tertiary alicyclic amines) is 1. The third-order valence-electron chi connectivity index (χ3n) is 4.78. The molecule has 6 heteroatoms. The Labute approximate surface area is 148 Å². The number of hydrogen-bond donors (Lipinski definition) is 1. The van der Waals surface area contributed by atoms with Gasteiger partial charge in [0, 0.05) is 18.3 Å². The van der Waals surface area contributed by atoms with Crippen molar-refractivity contribution in [1.29, 1.82) is 0 Å². The Morgan fingerprint density at radius 1 is 1.40 bits per heavy atom. The Kier molecular flexibility index (Phi) is 4.81. The maximum atomic E-state index is 13.1. The number of rotatable bonds is 4. The van der Waals surface area contributed by atoms with Crippen LogP contribution in [0.5, 0.6) is 5.75 Å². The van der Waals surface area contributed by atoms with Crippen molar-refractivity contribution in [2.45, 2.75) is 45.4 Å².